The Balaban J connectivity index is 2.40. The van der Waals surface area contributed by atoms with E-state index in [1.807, 2.05) is 0 Å². The number of hydrogen-bond acceptors (Lipinski definition) is 15. The van der Waals surface area contributed by atoms with Gasteiger partial charge >= 0.3 is 11.9 Å². The fourth-order valence-electron chi connectivity index (χ4n) is 5.52. The Kier molecular flexibility index (Phi) is 27.5. The first-order valence-electron chi connectivity index (χ1n) is 20.2. The number of rotatable bonds is 34. The number of aliphatic hydroxyl groups is 4. The highest BCUT2D eigenvalue weighted by Gasteiger charge is 2.29. The third-order valence-corrected chi connectivity index (χ3v) is 9.04. The van der Waals surface area contributed by atoms with Gasteiger partial charge in [-0.1, -0.05) is 38.5 Å². The van der Waals surface area contributed by atoms with Gasteiger partial charge in [0.2, 0.25) is 41.4 Å². The van der Waals surface area contributed by atoms with Crippen LogP contribution in [0, 0.1) is 0 Å². The lowest BCUT2D eigenvalue weighted by Gasteiger charge is -2.22. The molecule has 0 unspecified atom stereocenters. The van der Waals surface area contributed by atoms with Crippen LogP contribution in [0.15, 0.2) is 24.3 Å². The van der Waals surface area contributed by atoms with Crippen molar-refractivity contribution in [3.63, 3.8) is 0 Å². The molecule has 1 rings (SSSR count). The van der Waals surface area contributed by atoms with Gasteiger partial charge in [0, 0.05) is 12.8 Å². The fourth-order valence-corrected chi connectivity index (χ4v) is 5.52. The summed E-state index contributed by atoms with van der Waals surface area (Å²) in [6, 6.07) is -1.81. The van der Waals surface area contributed by atoms with Gasteiger partial charge in [0.15, 0.2) is 0 Å². The van der Waals surface area contributed by atoms with Gasteiger partial charge < -0.3 is 77.4 Å². The third-order valence-electron chi connectivity index (χ3n) is 9.04. The van der Waals surface area contributed by atoms with Crippen LogP contribution in [0.2, 0.25) is 0 Å². The van der Waals surface area contributed by atoms with Crippen LogP contribution in [-0.2, 0) is 43.2 Å². The molecule has 0 aliphatic carbocycles. The van der Waals surface area contributed by atoms with E-state index in [2.05, 4.69) is 37.2 Å². The normalized spacial score (nSPS) is 13.1. The minimum Gasteiger partial charge on any atom is -0.494 e. The number of aliphatic hydroxyl groups excluding tert-OH is 4. The minimum absolute atomic E-state index is 0.0657. The molecule has 24 heteroatoms. The van der Waals surface area contributed by atoms with Crippen LogP contribution in [-0.4, -0.2) is 167 Å². The molecule has 7 amide bonds. The molecule has 63 heavy (non-hydrogen) atoms. The van der Waals surface area contributed by atoms with Gasteiger partial charge in [0.05, 0.1) is 51.7 Å². The smallest absolute Gasteiger partial charge is 0.335 e. The van der Waals surface area contributed by atoms with Crippen LogP contribution in [0.5, 0.6) is 5.75 Å². The van der Waals surface area contributed by atoms with E-state index in [1.54, 1.807) is 12.1 Å². The number of ether oxygens (including phenoxy) is 1. The molecule has 5 atom stereocenters. The van der Waals surface area contributed by atoms with Gasteiger partial charge in [-0.2, -0.15) is 0 Å². The Bertz CT molecular complexity index is 1660. The van der Waals surface area contributed by atoms with E-state index < -0.39 is 129 Å². The number of aromatic carboxylic acids is 1. The predicted octanol–water partition coefficient (Wildman–Crippen LogP) is -4.04. The Morgan fingerprint density at radius 2 is 0.968 bits per heavy atom. The number of carboxylic acid groups (broad SMARTS) is 2. The van der Waals surface area contributed by atoms with Gasteiger partial charge in [-0.25, -0.2) is 9.59 Å². The molecule has 0 aliphatic rings. The molecule has 0 saturated heterocycles. The van der Waals surface area contributed by atoms with Crippen LogP contribution >= 0.6 is 0 Å². The number of carbonyl (C=O) groups excluding carboxylic acids is 8. The van der Waals surface area contributed by atoms with Crippen molar-refractivity contribution in [1.29, 1.82) is 0 Å². The molecule has 0 spiro atoms. The lowest BCUT2D eigenvalue weighted by atomic mass is 10.1. The monoisotopic (exact) mass is 897 g/mol. The second-order valence-electron chi connectivity index (χ2n) is 14.0. The second kappa shape index (κ2) is 31.6. The summed E-state index contributed by atoms with van der Waals surface area (Å²) in [5, 5.41) is 71.7. The molecule has 0 radical (unpaired) electrons. The van der Waals surface area contributed by atoms with Crippen LogP contribution in [0.1, 0.15) is 81.0 Å². The van der Waals surface area contributed by atoms with E-state index in [4.69, 9.17) is 9.84 Å². The average Bonchev–Trinajstić information content (AvgIpc) is 3.26. The first-order chi connectivity index (χ1) is 30.1. The highest BCUT2D eigenvalue weighted by atomic mass is 16.5. The highest BCUT2D eigenvalue weighted by Crippen LogP contribution is 2.14. The SMILES string of the molecule is O=CCNC(=O)[C@H](CO)NC(=O)[C@H](CO)NC(=O)CNC(=O)[C@H](CO)NC(=O)[C@H](CO)NC(=O)CC[C@H](NC(=O)CCCCCCCCCCOc1ccc(C(=O)O)cc1)C(=O)O. The maximum atomic E-state index is 12.7. The first-order valence-corrected chi connectivity index (χ1v) is 20.2. The molecular weight excluding hydrogens is 838 g/mol. The van der Waals surface area contributed by atoms with Gasteiger partial charge in [-0.3, -0.25) is 33.6 Å². The molecular formula is C39H59N7O17. The highest BCUT2D eigenvalue weighted by molar-refractivity contribution is 5.95. The predicted molar refractivity (Wildman–Crippen MR) is 217 cm³/mol. The molecule has 13 N–H and O–H groups in total. The molecule has 352 valence electrons. The van der Waals surface area contributed by atoms with Crippen LogP contribution in [0.3, 0.4) is 0 Å². The Hall–Kier alpha value is -6.24. The summed E-state index contributed by atoms with van der Waals surface area (Å²) in [5.74, 6) is -8.56. The maximum Gasteiger partial charge on any atom is 0.335 e. The topological polar surface area (TPSA) is 386 Å². The maximum absolute atomic E-state index is 12.7. The summed E-state index contributed by atoms with van der Waals surface area (Å²) < 4.78 is 5.62. The summed E-state index contributed by atoms with van der Waals surface area (Å²) in [7, 11) is 0. The van der Waals surface area contributed by atoms with E-state index in [-0.39, 0.29) is 18.4 Å². The Morgan fingerprint density at radius 3 is 1.46 bits per heavy atom. The zero-order chi connectivity index (χ0) is 47.2. The number of aliphatic carboxylic acids is 1. The Morgan fingerprint density at radius 1 is 0.524 bits per heavy atom. The molecule has 24 nitrogen and oxygen atoms in total. The Labute approximate surface area is 362 Å². The average molecular weight is 898 g/mol. The van der Waals surface area contributed by atoms with E-state index in [9.17, 15) is 73.5 Å². The number of unbranched alkanes of at least 4 members (excludes halogenated alkanes) is 7. The summed E-state index contributed by atoms with van der Waals surface area (Å²) in [6.45, 7) is -4.61. The van der Waals surface area contributed by atoms with E-state index in [0.717, 1.165) is 44.9 Å². The molecule has 1 aromatic carbocycles. The van der Waals surface area contributed by atoms with Crippen LogP contribution in [0.25, 0.3) is 0 Å². The summed E-state index contributed by atoms with van der Waals surface area (Å²) in [5.41, 5.74) is 0.188. The molecule has 0 fully saturated rings. The van der Waals surface area contributed by atoms with Crippen molar-refractivity contribution in [1.82, 2.24) is 37.2 Å². The van der Waals surface area contributed by atoms with Gasteiger partial charge in [0.25, 0.3) is 0 Å². The van der Waals surface area contributed by atoms with Crippen LogP contribution < -0.4 is 42.0 Å². The fraction of sp³-hybridized carbons (Fsp3) is 0.590. The summed E-state index contributed by atoms with van der Waals surface area (Å²) >= 11 is 0. The number of amides is 7. The minimum atomic E-state index is -1.72. The van der Waals surface area contributed by atoms with E-state index >= 15 is 0 Å². The second-order valence-corrected chi connectivity index (χ2v) is 14.0. The number of carbonyl (C=O) groups is 10. The lowest BCUT2D eigenvalue weighted by molar-refractivity contribution is -0.142. The largest absolute Gasteiger partial charge is 0.494 e. The number of benzene rings is 1. The lowest BCUT2D eigenvalue weighted by Crippen LogP contribution is -2.58. The van der Waals surface area contributed by atoms with Crippen molar-refractivity contribution in [3.05, 3.63) is 29.8 Å². The quantitative estimate of drug-likeness (QED) is 0.0231. The van der Waals surface area contributed by atoms with Gasteiger partial charge in [0.1, 0.15) is 42.2 Å². The number of carboxylic acids is 2. The molecule has 0 aliphatic heterocycles. The van der Waals surface area contributed by atoms with Crippen molar-refractivity contribution in [2.45, 2.75) is 101 Å². The van der Waals surface area contributed by atoms with Gasteiger partial charge in [-0.15, -0.1) is 0 Å². The molecule has 0 aromatic heterocycles. The molecule has 0 heterocycles. The van der Waals surface area contributed by atoms with Crippen LogP contribution in [0.4, 0.5) is 0 Å². The first kappa shape index (κ1) is 54.8. The number of hydrogen-bond donors (Lipinski definition) is 13. The molecule has 0 bridgehead atoms. The number of aldehydes is 1. The van der Waals surface area contributed by atoms with E-state index in [1.165, 1.54) is 12.1 Å². The van der Waals surface area contributed by atoms with Crippen molar-refractivity contribution < 1.29 is 83.3 Å². The van der Waals surface area contributed by atoms with Crippen molar-refractivity contribution in [3.8, 4) is 5.75 Å². The zero-order valence-corrected chi connectivity index (χ0v) is 34.7. The molecule has 0 saturated carbocycles. The van der Waals surface area contributed by atoms with Gasteiger partial charge in [-0.05, 0) is 43.5 Å². The summed E-state index contributed by atoms with van der Waals surface area (Å²) in [4.78, 5) is 120. The van der Waals surface area contributed by atoms with E-state index in [0.29, 0.717) is 25.1 Å². The molecule has 1 aromatic rings. The summed E-state index contributed by atoms with van der Waals surface area (Å²) in [6.07, 6.45) is 6.43. The standard InChI is InChI=1S/C39H59N7O17/c47-17-16-40-34(55)27(20-48)45-37(58)30(23-51)44-33(54)19-41-35(56)28(21-49)46-36(57)29(22-50)43-32(53)15-14-26(39(61)62)42-31(52)9-7-5-3-1-2-4-6-8-18-63-25-12-10-24(11-13-25)38(59)60/h10-13,17,26-30,48-51H,1-9,14-16,18-23H2,(H,40,55)(H,41,56)(H,42,52)(H,43,53)(H,44,54)(H,45,58)(H,46,57)(H,59,60)(H,61,62)/t26-,27-,28-,29-,30-/m0/s1. The van der Waals surface area contributed by atoms with Crippen molar-refractivity contribution in [2.24, 2.45) is 0 Å². The zero-order valence-electron chi connectivity index (χ0n) is 34.7. The number of nitrogens with one attached hydrogen (secondary N) is 7. The van der Waals surface area contributed by atoms with Crippen molar-refractivity contribution >= 4 is 59.6 Å². The van der Waals surface area contributed by atoms with Crippen molar-refractivity contribution in [2.75, 3.05) is 46.1 Å². The third kappa shape index (κ3) is 23.0.